The first-order valence-electron chi connectivity index (χ1n) is 8.69. The highest BCUT2D eigenvalue weighted by atomic mass is 32.2. The van der Waals surface area contributed by atoms with Crippen LogP contribution in [0.1, 0.15) is 39.5 Å². The second-order valence-electron chi connectivity index (χ2n) is 7.75. The van der Waals surface area contributed by atoms with Gasteiger partial charge in [-0.1, -0.05) is 13.8 Å². The number of sulfonamides is 1. The first kappa shape index (κ1) is 17.7. The molecule has 2 heterocycles. The van der Waals surface area contributed by atoms with Crippen LogP contribution in [0.15, 0.2) is 0 Å². The van der Waals surface area contributed by atoms with Crippen molar-refractivity contribution in [1.82, 2.24) is 9.21 Å². The molecule has 1 spiro atoms. The number of hydrogen-bond donors (Lipinski definition) is 1. The SMILES string of the molecule is CC(C)C(C(=O)N1CCC2(CC1)CC2C(=O)O)N1CCCS1(=O)=O. The van der Waals surface area contributed by atoms with Crippen molar-refractivity contribution in [2.45, 2.75) is 45.6 Å². The first-order chi connectivity index (χ1) is 11.2. The van der Waals surface area contributed by atoms with E-state index in [9.17, 15) is 18.0 Å². The number of hydrogen-bond acceptors (Lipinski definition) is 4. The van der Waals surface area contributed by atoms with Crippen LogP contribution < -0.4 is 0 Å². The molecule has 0 aromatic carbocycles. The Hall–Kier alpha value is -1.15. The van der Waals surface area contributed by atoms with Crippen LogP contribution in [-0.2, 0) is 19.6 Å². The zero-order chi connectivity index (χ0) is 17.7. The lowest BCUT2D eigenvalue weighted by molar-refractivity contribution is -0.140. The molecular formula is C16H26N2O5S. The largest absolute Gasteiger partial charge is 0.481 e. The fourth-order valence-electron chi connectivity index (χ4n) is 4.32. The first-order valence-corrected chi connectivity index (χ1v) is 10.3. The predicted molar refractivity (Wildman–Crippen MR) is 87.7 cm³/mol. The minimum atomic E-state index is -3.34. The average molecular weight is 358 g/mol. The summed E-state index contributed by atoms with van der Waals surface area (Å²) in [6, 6.07) is -0.638. The van der Waals surface area contributed by atoms with E-state index in [1.54, 1.807) is 4.90 Å². The molecule has 3 rings (SSSR count). The summed E-state index contributed by atoms with van der Waals surface area (Å²) in [6.07, 6.45) is 2.68. The number of likely N-dealkylation sites (tertiary alicyclic amines) is 1. The molecule has 1 amide bonds. The predicted octanol–water partition coefficient (Wildman–Crippen LogP) is 0.760. The number of aliphatic carboxylic acids is 1. The summed E-state index contributed by atoms with van der Waals surface area (Å²) in [7, 11) is -3.34. The maximum absolute atomic E-state index is 13.0. The lowest BCUT2D eigenvalue weighted by Crippen LogP contribution is -2.53. The third-order valence-corrected chi connectivity index (χ3v) is 7.82. The molecule has 2 saturated heterocycles. The van der Waals surface area contributed by atoms with E-state index in [4.69, 9.17) is 5.11 Å². The standard InChI is InChI=1S/C16H26N2O5S/c1-11(2)13(18-6-3-9-24(18,22)23)14(19)17-7-4-16(5-8-17)10-12(16)15(20)21/h11-13H,3-10H2,1-2H3,(H,20,21). The van der Waals surface area contributed by atoms with Gasteiger partial charge in [0.2, 0.25) is 15.9 Å². The van der Waals surface area contributed by atoms with Gasteiger partial charge in [-0.3, -0.25) is 9.59 Å². The number of piperidine rings is 1. The second kappa shape index (κ2) is 5.98. The minimum absolute atomic E-state index is 0.0889. The summed E-state index contributed by atoms with van der Waals surface area (Å²) in [5, 5.41) is 9.15. The maximum Gasteiger partial charge on any atom is 0.307 e. The molecular weight excluding hydrogens is 332 g/mol. The number of rotatable bonds is 4. The third-order valence-electron chi connectivity index (χ3n) is 5.89. The van der Waals surface area contributed by atoms with Gasteiger partial charge in [-0.2, -0.15) is 4.31 Å². The molecule has 0 bridgehead atoms. The van der Waals surface area contributed by atoms with E-state index in [2.05, 4.69) is 0 Å². The van der Waals surface area contributed by atoms with Crippen LogP contribution >= 0.6 is 0 Å². The summed E-state index contributed by atoms with van der Waals surface area (Å²) >= 11 is 0. The van der Waals surface area contributed by atoms with Crippen LogP contribution in [0.5, 0.6) is 0 Å². The molecule has 2 unspecified atom stereocenters. The fraction of sp³-hybridized carbons (Fsp3) is 0.875. The lowest BCUT2D eigenvalue weighted by atomic mass is 9.90. The van der Waals surface area contributed by atoms with Crippen molar-refractivity contribution in [1.29, 1.82) is 0 Å². The van der Waals surface area contributed by atoms with Gasteiger partial charge in [-0.25, -0.2) is 8.42 Å². The van der Waals surface area contributed by atoms with Crippen molar-refractivity contribution in [3.63, 3.8) is 0 Å². The van der Waals surface area contributed by atoms with Gasteiger partial charge < -0.3 is 10.0 Å². The Labute approximate surface area is 143 Å². The van der Waals surface area contributed by atoms with E-state index < -0.39 is 22.0 Å². The topological polar surface area (TPSA) is 95.0 Å². The van der Waals surface area contributed by atoms with Crippen molar-refractivity contribution < 1.29 is 23.1 Å². The highest BCUT2D eigenvalue weighted by Crippen LogP contribution is 2.59. The normalized spacial score (nSPS) is 29.8. The van der Waals surface area contributed by atoms with Gasteiger partial charge in [0, 0.05) is 19.6 Å². The highest BCUT2D eigenvalue weighted by Gasteiger charge is 2.59. The molecule has 24 heavy (non-hydrogen) atoms. The van der Waals surface area contributed by atoms with Crippen LogP contribution in [0.25, 0.3) is 0 Å². The molecule has 1 N–H and O–H groups in total. The van der Waals surface area contributed by atoms with E-state index in [0.717, 1.165) is 0 Å². The number of carbonyl (C=O) groups is 2. The highest BCUT2D eigenvalue weighted by molar-refractivity contribution is 7.89. The van der Waals surface area contributed by atoms with Crippen LogP contribution in [-0.4, -0.2) is 66.0 Å². The van der Waals surface area contributed by atoms with Crippen LogP contribution in [0.4, 0.5) is 0 Å². The van der Waals surface area contributed by atoms with Crippen molar-refractivity contribution in [3.05, 3.63) is 0 Å². The van der Waals surface area contributed by atoms with E-state index in [1.807, 2.05) is 13.8 Å². The Morgan fingerprint density at radius 3 is 2.21 bits per heavy atom. The summed E-state index contributed by atoms with van der Waals surface area (Å²) < 4.78 is 25.8. The molecule has 3 fully saturated rings. The Balaban J connectivity index is 1.68. The van der Waals surface area contributed by atoms with Crippen molar-refractivity contribution in [2.75, 3.05) is 25.4 Å². The molecule has 3 aliphatic rings. The summed E-state index contributed by atoms with van der Waals surface area (Å²) in [4.78, 5) is 25.8. The monoisotopic (exact) mass is 358 g/mol. The molecule has 7 nitrogen and oxygen atoms in total. The van der Waals surface area contributed by atoms with E-state index in [1.165, 1.54) is 4.31 Å². The molecule has 2 aliphatic heterocycles. The van der Waals surface area contributed by atoms with E-state index in [-0.39, 0.29) is 28.9 Å². The fourth-order valence-corrected chi connectivity index (χ4v) is 6.14. The van der Waals surface area contributed by atoms with Crippen molar-refractivity contribution >= 4 is 21.9 Å². The van der Waals surface area contributed by atoms with E-state index >= 15 is 0 Å². The minimum Gasteiger partial charge on any atom is -0.481 e. The summed E-state index contributed by atoms with van der Waals surface area (Å²) in [5.74, 6) is -1.10. The van der Waals surface area contributed by atoms with Gasteiger partial charge in [0.05, 0.1) is 11.7 Å². The molecule has 1 saturated carbocycles. The third kappa shape index (κ3) is 2.94. The van der Waals surface area contributed by atoms with Gasteiger partial charge in [0.15, 0.2) is 0 Å². The summed E-state index contributed by atoms with van der Waals surface area (Å²) in [5.41, 5.74) is -0.129. The van der Waals surface area contributed by atoms with E-state index in [0.29, 0.717) is 45.3 Å². The van der Waals surface area contributed by atoms with Gasteiger partial charge >= 0.3 is 5.97 Å². The lowest BCUT2D eigenvalue weighted by Gasteiger charge is -2.38. The number of carboxylic acid groups (broad SMARTS) is 1. The maximum atomic E-state index is 13.0. The molecule has 0 aromatic rings. The van der Waals surface area contributed by atoms with Crippen molar-refractivity contribution in [2.24, 2.45) is 17.3 Å². The van der Waals surface area contributed by atoms with Crippen LogP contribution in [0.2, 0.25) is 0 Å². The smallest absolute Gasteiger partial charge is 0.307 e. The quantitative estimate of drug-likeness (QED) is 0.800. The Morgan fingerprint density at radius 2 is 1.79 bits per heavy atom. The van der Waals surface area contributed by atoms with Gasteiger partial charge in [0.1, 0.15) is 6.04 Å². The van der Waals surface area contributed by atoms with Crippen LogP contribution in [0.3, 0.4) is 0 Å². The van der Waals surface area contributed by atoms with Gasteiger partial charge in [0.25, 0.3) is 0 Å². The Bertz CT molecular complexity index is 637. The Kier molecular flexibility index (Phi) is 4.40. The van der Waals surface area contributed by atoms with Gasteiger partial charge in [-0.05, 0) is 37.0 Å². The number of nitrogens with zero attached hydrogens (tertiary/aromatic N) is 2. The second-order valence-corrected chi connectivity index (χ2v) is 9.79. The zero-order valence-electron chi connectivity index (χ0n) is 14.3. The molecule has 8 heteroatoms. The zero-order valence-corrected chi connectivity index (χ0v) is 15.1. The molecule has 0 aromatic heterocycles. The van der Waals surface area contributed by atoms with Gasteiger partial charge in [-0.15, -0.1) is 0 Å². The number of amides is 1. The van der Waals surface area contributed by atoms with Crippen LogP contribution in [0, 0.1) is 17.3 Å². The molecule has 0 radical (unpaired) electrons. The van der Waals surface area contributed by atoms with Crippen molar-refractivity contribution in [3.8, 4) is 0 Å². The number of carboxylic acids is 1. The average Bonchev–Trinajstić information content (AvgIpc) is 3.09. The number of carbonyl (C=O) groups excluding carboxylic acids is 1. The summed E-state index contributed by atoms with van der Waals surface area (Å²) in [6.45, 7) is 5.22. The molecule has 2 atom stereocenters. The molecule has 1 aliphatic carbocycles. The Morgan fingerprint density at radius 1 is 1.17 bits per heavy atom. The molecule has 136 valence electrons.